The van der Waals surface area contributed by atoms with E-state index in [1.807, 2.05) is 0 Å². The highest BCUT2D eigenvalue weighted by Crippen LogP contribution is 2.29. The Balaban J connectivity index is 2.09. The highest BCUT2D eigenvalue weighted by molar-refractivity contribution is 5.97. The Kier molecular flexibility index (Phi) is 3.47. The van der Waals surface area contributed by atoms with Crippen LogP contribution in [-0.4, -0.2) is 28.1 Å². The smallest absolute Gasteiger partial charge is 0.255 e. The minimum atomic E-state index is -0.374. The minimum Gasteiger partial charge on any atom is -0.504 e. The van der Waals surface area contributed by atoms with Gasteiger partial charge in [-0.05, 0) is 12.1 Å². The molecule has 0 aliphatic heterocycles. The van der Waals surface area contributed by atoms with Crippen LogP contribution in [0.4, 0.5) is 0 Å². The van der Waals surface area contributed by atoms with Crippen molar-refractivity contribution in [2.24, 2.45) is 0 Å². The molecule has 18 heavy (non-hydrogen) atoms. The van der Waals surface area contributed by atoms with Gasteiger partial charge >= 0.3 is 0 Å². The lowest BCUT2D eigenvalue weighted by atomic mass is 10.1. The number of phenols is 1. The maximum Gasteiger partial charge on any atom is 0.255 e. The first-order valence-corrected chi connectivity index (χ1v) is 5.33. The first-order chi connectivity index (χ1) is 8.72. The zero-order chi connectivity index (χ0) is 13.0. The molecule has 6 heteroatoms. The van der Waals surface area contributed by atoms with E-state index in [9.17, 15) is 9.90 Å². The number of nitrogens with zero attached hydrogens (tertiary/aromatic N) is 1. The lowest BCUT2D eigenvalue weighted by Gasteiger charge is -2.08. The average Bonchev–Trinajstić information content (AvgIpc) is 2.89. The first kappa shape index (κ1) is 12.0. The molecule has 0 radical (unpaired) electrons. The van der Waals surface area contributed by atoms with Gasteiger partial charge < -0.3 is 20.1 Å². The molecule has 94 valence electrons. The first-order valence-electron chi connectivity index (χ1n) is 5.33. The van der Waals surface area contributed by atoms with Crippen molar-refractivity contribution >= 4 is 5.91 Å². The van der Waals surface area contributed by atoms with Gasteiger partial charge in [-0.25, -0.2) is 4.98 Å². The number of hydrogen-bond acceptors (Lipinski definition) is 4. The van der Waals surface area contributed by atoms with Crippen molar-refractivity contribution in [1.82, 2.24) is 15.3 Å². The summed E-state index contributed by atoms with van der Waals surface area (Å²) in [7, 11) is 1.43. The normalized spacial score (nSPS) is 10.1. The lowest BCUT2D eigenvalue weighted by molar-refractivity contribution is 0.0947. The van der Waals surface area contributed by atoms with Gasteiger partial charge in [-0.1, -0.05) is 6.07 Å². The van der Waals surface area contributed by atoms with E-state index in [0.29, 0.717) is 6.54 Å². The standard InChI is InChI=1S/C12H13N3O3/c1-18-10-4-2-3-9(11(10)16)12(17)14-6-8-5-13-7-15-8/h2-5,7,16H,6H2,1H3,(H,13,15)(H,14,17). The number of nitrogens with one attached hydrogen (secondary N) is 2. The molecule has 2 rings (SSSR count). The van der Waals surface area contributed by atoms with Crippen LogP contribution >= 0.6 is 0 Å². The molecule has 1 heterocycles. The number of H-pyrrole nitrogens is 1. The number of aromatic hydroxyl groups is 1. The number of para-hydroxylation sites is 1. The molecule has 1 aromatic heterocycles. The number of amides is 1. The molecule has 0 saturated heterocycles. The molecule has 0 fully saturated rings. The zero-order valence-electron chi connectivity index (χ0n) is 9.80. The van der Waals surface area contributed by atoms with Gasteiger partial charge in [0.1, 0.15) is 0 Å². The van der Waals surface area contributed by atoms with Crippen LogP contribution in [0.2, 0.25) is 0 Å². The number of carbonyl (C=O) groups excluding carboxylic acids is 1. The maximum absolute atomic E-state index is 11.9. The van der Waals surface area contributed by atoms with E-state index < -0.39 is 0 Å². The van der Waals surface area contributed by atoms with Crippen LogP contribution < -0.4 is 10.1 Å². The molecule has 0 spiro atoms. The highest BCUT2D eigenvalue weighted by Gasteiger charge is 2.14. The summed E-state index contributed by atoms with van der Waals surface area (Å²) >= 11 is 0. The van der Waals surface area contributed by atoms with Gasteiger partial charge in [-0.3, -0.25) is 4.79 Å². The number of benzene rings is 1. The third-order valence-corrected chi connectivity index (χ3v) is 2.46. The van der Waals surface area contributed by atoms with E-state index in [-0.39, 0.29) is 23.0 Å². The van der Waals surface area contributed by atoms with Crippen LogP contribution in [0.3, 0.4) is 0 Å². The van der Waals surface area contributed by atoms with Crippen molar-refractivity contribution in [2.75, 3.05) is 7.11 Å². The van der Waals surface area contributed by atoms with Crippen molar-refractivity contribution < 1.29 is 14.6 Å². The molecular weight excluding hydrogens is 234 g/mol. The van der Waals surface area contributed by atoms with E-state index in [1.165, 1.54) is 19.5 Å². The Hall–Kier alpha value is -2.50. The van der Waals surface area contributed by atoms with E-state index in [4.69, 9.17) is 4.74 Å². The van der Waals surface area contributed by atoms with Crippen LogP contribution in [0.25, 0.3) is 0 Å². The number of imidazole rings is 1. The Morgan fingerprint density at radius 2 is 2.39 bits per heavy atom. The second-order valence-corrected chi connectivity index (χ2v) is 3.62. The number of hydrogen-bond donors (Lipinski definition) is 3. The number of carbonyl (C=O) groups is 1. The third-order valence-electron chi connectivity index (χ3n) is 2.46. The van der Waals surface area contributed by atoms with Crippen LogP contribution in [0, 0.1) is 0 Å². The van der Waals surface area contributed by atoms with Gasteiger partial charge in [-0.2, -0.15) is 0 Å². The molecule has 0 bridgehead atoms. The largest absolute Gasteiger partial charge is 0.504 e. The second-order valence-electron chi connectivity index (χ2n) is 3.62. The molecule has 3 N–H and O–H groups in total. The topological polar surface area (TPSA) is 87.2 Å². The average molecular weight is 247 g/mol. The number of rotatable bonds is 4. The van der Waals surface area contributed by atoms with Crippen molar-refractivity contribution in [1.29, 1.82) is 0 Å². The number of phenolic OH excluding ortho intramolecular Hbond substituents is 1. The van der Waals surface area contributed by atoms with Crippen molar-refractivity contribution in [2.45, 2.75) is 6.54 Å². The van der Waals surface area contributed by atoms with Gasteiger partial charge in [0.05, 0.1) is 31.2 Å². The molecule has 0 saturated carbocycles. The summed E-state index contributed by atoms with van der Waals surface area (Å²) in [6.45, 7) is 0.315. The van der Waals surface area contributed by atoms with Crippen LogP contribution in [0.1, 0.15) is 16.1 Å². The minimum absolute atomic E-state index is 0.165. The molecular formula is C12H13N3O3. The molecule has 0 atom stereocenters. The van der Waals surface area contributed by atoms with Gasteiger partial charge in [-0.15, -0.1) is 0 Å². The van der Waals surface area contributed by atoms with Crippen LogP contribution in [-0.2, 0) is 6.54 Å². The van der Waals surface area contributed by atoms with Gasteiger partial charge in [0.15, 0.2) is 11.5 Å². The predicted molar refractivity (Wildman–Crippen MR) is 64.4 cm³/mol. The fourth-order valence-corrected chi connectivity index (χ4v) is 1.52. The maximum atomic E-state index is 11.9. The summed E-state index contributed by atoms with van der Waals surface area (Å²) in [6.07, 6.45) is 3.15. The summed E-state index contributed by atoms with van der Waals surface area (Å²) in [5.41, 5.74) is 0.958. The van der Waals surface area contributed by atoms with Crippen molar-refractivity contribution in [3.05, 3.63) is 42.0 Å². The fourth-order valence-electron chi connectivity index (χ4n) is 1.52. The van der Waals surface area contributed by atoms with E-state index in [0.717, 1.165) is 5.69 Å². The summed E-state index contributed by atoms with van der Waals surface area (Å²) in [6, 6.07) is 4.75. The van der Waals surface area contributed by atoms with E-state index in [1.54, 1.807) is 18.3 Å². The summed E-state index contributed by atoms with van der Waals surface area (Å²) in [5.74, 6) is -0.271. The van der Waals surface area contributed by atoms with Gasteiger partial charge in [0, 0.05) is 6.20 Å². The SMILES string of the molecule is COc1cccc(C(=O)NCc2cnc[nH]2)c1O. The number of aromatic amines is 1. The molecule has 2 aromatic rings. The summed E-state index contributed by atoms with van der Waals surface area (Å²) in [4.78, 5) is 18.6. The number of methoxy groups -OCH3 is 1. The van der Waals surface area contributed by atoms with Gasteiger partial charge in [0.2, 0.25) is 0 Å². The Morgan fingerprint density at radius 3 is 3.06 bits per heavy atom. The molecule has 6 nitrogen and oxygen atoms in total. The van der Waals surface area contributed by atoms with Crippen molar-refractivity contribution in [3.8, 4) is 11.5 Å². The van der Waals surface area contributed by atoms with E-state index >= 15 is 0 Å². The molecule has 0 aliphatic rings. The van der Waals surface area contributed by atoms with Crippen molar-refractivity contribution in [3.63, 3.8) is 0 Å². The highest BCUT2D eigenvalue weighted by atomic mass is 16.5. The Morgan fingerprint density at radius 1 is 1.56 bits per heavy atom. The van der Waals surface area contributed by atoms with Gasteiger partial charge in [0.25, 0.3) is 5.91 Å². The molecule has 0 unspecified atom stereocenters. The molecule has 1 amide bonds. The monoisotopic (exact) mass is 247 g/mol. The quantitative estimate of drug-likeness (QED) is 0.753. The lowest BCUT2D eigenvalue weighted by Crippen LogP contribution is -2.23. The number of ether oxygens (including phenoxy) is 1. The summed E-state index contributed by atoms with van der Waals surface area (Å²) < 4.78 is 4.94. The summed E-state index contributed by atoms with van der Waals surface area (Å²) in [5, 5.41) is 12.5. The Bertz CT molecular complexity index is 538. The predicted octanol–water partition coefficient (Wildman–Crippen LogP) is 1.05. The van der Waals surface area contributed by atoms with Crippen LogP contribution in [0.5, 0.6) is 11.5 Å². The number of aromatic nitrogens is 2. The zero-order valence-corrected chi connectivity index (χ0v) is 9.80. The third kappa shape index (κ3) is 2.42. The Labute approximate surface area is 104 Å². The molecule has 0 aliphatic carbocycles. The van der Waals surface area contributed by atoms with Crippen LogP contribution in [0.15, 0.2) is 30.7 Å². The molecule has 1 aromatic carbocycles. The fraction of sp³-hybridized carbons (Fsp3) is 0.167. The second kappa shape index (κ2) is 5.22. The van der Waals surface area contributed by atoms with E-state index in [2.05, 4.69) is 15.3 Å².